The molecular formula is C13H17ClN2O2. The lowest BCUT2D eigenvalue weighted by Crippen LogP contribution is -2.57. The number of ether oxygens (including phenoxy) is 1. The summed E-state index contributed by atoms with van der Waals surface area (Å²) < 4.78 is 4.99. The number of hydrogen-bond donors (Lipinski definition) is 2. The van der Waals surface area contributed by atoms with Crippen molar-refractivity contribution in [1.29, 1.82) is 0 Å². The van der Waals surface area contributed by atoms with E-state index in [9.17, 15) is 4.79 Å². The summed E-state index contributed by atoms with van der Waals surface area (Å²) in [5, 5.41) is 3.91. The Morgan fingerprint density at radius 1 is 1.50 bits per heavy atom. The Kier molecular flexibility index (Phi) is 3.90. The Morgan fingerprint density at radius 2 is 2.22 bits per heavy atom. The summed E-state index contributed by atoms with van der Waals surface area (Å²) in [5.74, 6) is -0.328. The van der Waals surface area contributed by atoms with Crippen LogP contribution < -0.4 is 11.1 Å². The molecule has 0 saturated carbocycles. The van der Waals surface area contributed by atoms with Crippen LogP contribution in [0.3, 0.4) is 0 Å². The van der Waals surface area contributed by atoms with E-state index in [4.69, 9.17) is 22.1 Å². The smallest absolute Gasteiger partial charge is 0.238 e. The molecule has 2 rings (SSSR count). The Morgan fingerprint density at radius 3 is 2.89 bits per heavy atom. The standard InChI is InChI=1S/C13H17ClN2O2/c1-18-5-4-16-13(12(15)17)7-9-2-3-11(14)6-10(9)8-13/h2-3,6,16H,4-5,7-8H2,1H3,(H2,15,17). The maximum Gasteiger partial charge on any atom is 0.238 e. The Hall–Kier alpha value is -1.10. The summed E-state index contributed by atoms with van der Waals surface area (Å²) in [6.45, 7) is 1.15. The number of hydrogen-bond acceptors (Lipinski definition) is 3. The first-order chi connectivity index (χ1) is 8.57. The fraction of sp³-hybridized carbons (Fsp3) is 0.462. The number of primary amides is 1. The molecule has 1 aliphatic rings. The van der Waals surface area contributed by atoms with Crippen molar-refractivity contribution in [2.75, 3.05) is 20.3 Å². The van der Waals surface area contributed by atoms with E-state index in [2.05, 4.69) is 5.32 Å². The molecule has 0 radical (unpaired) electrons. The molecule has 98 valence electrons. The lowest BCUT2D eigenvalue weighted by molar-refractivity contribution is -0.124. The second-order valence-electron chi connectivity index (χ2n) is 4.63. The molecule has 3 N–H and O–H groups in total. The largest absolute Gasteiger partial charge is 0.383 e. The average molecular weight is 269 g/mol. The van der Waals surface area contributed by atoms with Gasteiger partial charge in [-0.1, -0.05) is 17.7 Å². The molecule has 18 heavy (non-hydrogen) atoms. The maximum absolute atomic E-state index is 11.8. The zero-order chi connectivity index (χ0) is 13.2. The molecule has 4 nitrogen and oxygen atoms in total. The molecule has 0 spiro atoms. The maximum atomic E-state index is 11.8. The minimum atomic E-state index is -0.703. The Balaban J connectivity index is 2.18. The number of methoxy groups -OCH3 is 1. The van der Waals surface area contributed by atoms with Gasteiger partial charge in [0.2, 0.25) is 5.91 Å². The van der Waals surface area contributed by atoms with Crippen LogP contribution in [0.1, 0.15) is 11.1 Å². The molecule has 5 heteroatoms. The molecule has 1 aromatic carbocycles. The summed E-state index contributed by atoms with van der Waals surface area (Å²) in [5.41, 5.74) is 7.07. The van der Waals surface area contributed by atoms with E-state index in [1.165, 1.54) is 0 Å². The van der Waals surface area contributed by atoms with Crippen LogP contribution in [0.15, 0.2) is 18.2 Å². The van der Waals surface area contributed by atoms with E-state index in [1.54, 1.807) is 7.11 Å². The molecule has 1 unspecified atom stereocenters. The molecule has 0 bridgehead atoms. The third kappa shape index (κ3) is 2.51. The minimum absolute atomic E-state index is 0.328. The fourth-order valence-electron chi connectivity index (χ4n) is 2.42. The van der Waals surface area contributed by atoms with E-state index in [1.807, 2.05) is 18.2 Å². The van der Waals surface area contributed by atoms with Gasteiger partial charge in [0.25, 0.3) is 0 Å². The van der Waals surface area contributed by atoms with E-state index in [0.717, 1.165) is 11.1 Å². The predicted octanol–water partition coefficient (Wildman–Crippen LogP) is 0.899. The highest BCUT2D eigenvalue weighted by Crippen LogP contribution is 2.31. The SMILES string of the molecule is COCCNC1(C(N)=O)Cc2ccc(Cl)cc2C1. The van der Waals surface area contributed by atoms with Crippen LogP contribution >= 0.6 is 11.6 Å². The van der Waals surface area contributed by atoms with Crippen LogP contribution in [0.5, 0.6) is 0 Å². The van der Waals surface area contributed by atoms with Crippen molar-refractivity contribution in [3.8, 4) is 0 Å². The number of amides is 1. The Bertz CT molecular complexity index is 464. The van der Waals surface area contributed by atoms with Crippen molar-refractivity contribution in [2.45, 2.75) is 18.4 Å². The number of benzene rings is 1. The van der Waals surface area contributed by atoms with Crippen molar-refractivity contribution in [3.63, 3.8) is 0 Å². The molecule has 1 aromatic rings. The minimum Gasteiger partial charge on any atom is -0.383 e. The molecular weight excluding hydrogens is 252 g/mol. The fourth-order valence-corrected chi connectivity index (χ4v) is 2.62. The van der Waals surface area contributed by atoms with E-state index >= 15 is 0 Å². The first-order valence-electron chi connectivity index (χ1n) is 5.88. The van der Waals surface area contributed by atoms with Gasteiger partial charge in [-0.05, 0) is 23.3 Å². The first kappa shape index (κ1) is 13.3. The highest BCUT2D eigenvalue weighted by atomic mass is 35.5. The predicted molar refractivity (Wildman–Crippen MR) is 70.7 cm³/mol. The lowest BCUT2D eigenvalue weighted by Gasteiger charge is -2.26. The molecule has 0 aromatic heterocycles. The normalized spacial score (nSPS) is 21.9. The summed E-state index contributed by atoms with van der Waals surface area (Å²) in [4.78, 5) is 11.8. The summed E-state index contributed by atoms with van der Waals surface area (Å²) in [6, 6.07) is 5.70. The van der Waals surface area contributed by atoms with Crippen molar-refractivity contribution in [3.05, 3.63) is 34.3 Å². The number of nitrogens with two attached hydrogens (primary N) is 1. The number of nitrogens with one attached hydrogen (secondary N) is 1. The topological polar surface area (TPSA) is 64.3 Å². The summed E-state index contributed by atoms with van der Waals surface area (Å²) >= 11 is 5.97. The number of fused-ring (bicyclic) bond motifs is 1. The monoisotopic (exact) mass is 268 g/mol. The van der Waals surface area contributed by atoms with Gasteiger partial charge < -0.3 is 15.8 Å². The van der Waals surface area contributed by atoms with Crippen molar-refractivity contribution < 1.29 is 9.53 Å². The lowest BCUT2D eigenvalue weighted by atomic mass is 9.95. The molecule has 1 aliphatic carbocycles. The van der Waals surface area contributed by atoms with Crippen molar-refractivity contribution in [1.82, 2.24) is 5.32 Å². The van der Waals surface area contributed by atoms with E-state index < -0.39 is 5.54 Å². The van der Waals surface area contributed by atoms with Crippen LogP contribution in [-0.4, -0.2) is 31.7 Å². The van der Waals surface area contributed by atoms with Gasteiger partial charge in [0, 0.05) is 31.5 Å². The van der Waals surface area contributed by atoms with Gasteiger partial charge in [-0.25, -0.2) is 0 Å². The van der Waals surface area contributed by atoms with Crippen LogP contribution in [0.25, 0.3) is 0 Å². The second-order valence-corrected chi connectivity index (χ2v) is 5.07. The van der Waals surface area contributed by atoms with Gasteiger partial charge >= 0.3 is 0 Å². The van der Waals surface area contributed by atoms with E-state index in [-0.39, 0.29) is 5.91 Å². The number of carbonyl (C=O) groups is 1. The zero-order valence-corrected chi connectivity index (χ0v) is 11.1. The second kappa shape index (κ2) is 5.26. The summed E-state index contributed by atoms with van der Waals surface area (Å²) in [7, 11) is 1.63. The number of carbonyl (C=O) groups excluding carboxylic acids is 1. The molecule has 1 atom stereocenters. The van der Waals surface area contributed by atoms with Crippen LogP contribution in [0.2, 0.25) is 5.02 Å². The van der Waals surface area contributed by atoms with Gasteiger partial charge in [-0.2, -0.15) is 0 Å². The van der Waals surface area contributed by atoms with Crippen LogP contribution in [0.4, 0.5) is 0 Å². The third-order valence-corrected chi connectivity index (χ3v) is 3.63. The van der Waals surface area contributed by atoms with Gasteiger partial charge in [0.1, 0.15) is 5.54 Å². The molecule has 1 amide bonds. The van der Waals surface area contributed by atoms with Crippen molar-refractivity contribution >= 4 is 17.5 Å². The molecule has 0 fully saturated rings. The average Bonchev–Trinajstić information content (AvgIpc) is 2.68. The van der Waals surface area contributed by atoms with Crippen LogP contribution in [0, 0.1) is 0 Å². The van der Waals surface area contributed by atoms with Gasteiger partial charge in [0.15, 0.2) is 0 Å². The summed E-state index contributed by atoms with van der Waals surface area (Å²) in [6.07, 6.45) is 1.19. The van der Waals surface area contributed by atoms with Gasteiger partial charge in [0.05, 0.1) is 6.61 Å². The van der Waals surface area contributed by atoms with E-state index in [0.29, 0.717) is 31.0 Å². The highest BCUT2D eigenvalue weighted by molar-refractivity contribution is 6.30. The van der Waals surface area contributed by atoms with Crippen LogP contribution in [-0.2, 0) is 22.4 Å². The molecule has 0 saturated heterocycles. The number of halogens is 1. The highest BCUT2D eigenvalue weighted by Gasteiger charge is 2.41. The third-order valence-electron chi connectivity index (χ3n) is 3.39. The first-order valence-corrected chi connectivity index (χ1v) is 6.26. The Labute approximate surface area is 111 Å². The molecule has 0 heterocycles. The van der Waals surface area contributed by atoms with Crippen molar-refractivity contribution in [2.24, 2.45) is 5.73 Å². The van der Waals surface area contributed by atoms with Gasteiger partial charge in [-0.3, -0.25) is 4.79 Å². The number of rotatable bonds is 5. The van der Waals surface area contributed by atoms with Gasteiger partial charge in [-0.15, -0.1) is 0 Å². The quantitative estimate of drug-likeness (QED) is 0.780. The molecule has 0 aliphatic heterocycles. The zero-order valence-electron chi connectivity index (χ0n) is 10.3.